The zero-order valence-corrected chi connectivity index (χ0v) is 16.9. The Hall–Kier alpha value is -2.60. The van der Waals surface area contributed by atoms with Crippen molar-refractivity contribution in [2.75, 3.05) is 27.2 Å². The standard InChI is InChI=1S/C22H31N5O/c1-23-22(25-16-20-7-6-8-21(26-20)28-2)24-15-18-9-11-19(12-10-18)17-27-13-4-3-5-14-27/h6-12H,3-5,13-17H2,1-2H3,(H2,23,24,25). The summed E-state index contributed by atoms with van der Waals surface area (Å²) in [6.07, 6.45) is 4.04. The van der Waals surface area contributed by atoms with E-state index in [0.29, 0.717) is 12.4 Å². The summed E-state index contributed by atoms with van der Waals surface area (Å²) in [6.45, 7) is 4.84. The summed E-state index contributed by atoms with van der Waals surface area (Å²) < 4.78 is 5.16. The summed E-state index contributed by atoms with van der Waals surface area (Å²) in [6, 6.07) is 14.6. The maximum atomic E-state index is 5.16. The summed E-state index contributed by atoms with van der Waals surface area (Å²) in [4.78, 5) is 11.2. The van der Waals surface area contributed by atoms with Gasteiger partial charge in [0.2, 0.25) is 5.88 Å². The van der Waals surface area contributed by atoms with E-state index in [1.54, 1.807) is 14.2 Å². The number of hydrogen-bond acceptors (Lipinski definition) is 4. The minimum Gasteiger partial charge on any atom is -0.481 e. The third-order valence-electron chi connectivity index (χ3n) is 4.99. The Labute approximate surface area is 168 Å². The quantitative estimate of drug-likeness (QED) is 0.570. The van der Waals surface area contributed by atoms with Gasteiger partial charge in [0.15, 0.2) is 5.96 Å². The van der Waals surface area contributed by atoms with Crippen LogP contribution in [0.1, 0.15) is 36.1 Å². The highest BCUT2D eigenvalue weighted by atomic mass is 16.5. The van der Waals surface area contributed by atoms with Gasteiger partial charge in [0.1, 0.15) is 0 Å². The molecule has 0 bridgehead atoms. The molecule has 1 aromatic heterocycles. The Kier molecular flexibility index (Phi) is 7.67. The fourth-order valence-corrected chi connectivity index (χ4v) is 3.39. The lowest BCUT2D eigenvalue weighted by atomic mass is 10.1. The zero-order valence-electron chi connectivity index (χ0n) is 16.9. The van der Waals surface area contributed by atoms with E-state index in [9.17, 15) is 0 Å². The van der Waals surface area contributed by atoms with Gasteiger partial charge < -0.3 is 15.4 Å². The highest BCUT2D eigenvalue weighted by Crippen LogP contribution is 2.13. The van der Waals surface area contributed by atoms with E-state index < -0.39 is 0 Å². The lowest BCUT2D eigenvalue weighted by molar-refractivity contribution is 0.221. The average Bonchev–Trinajstić information content (AvgIpc) is 2.76. The molecule has 3 rings (SSSR count). The minimum absolute atomic E-state index is 0.589. The van der Waals surface area contributed by atoms with Crippen molar-refractivity contribution in [1.82, 2.24) is 20.5 Å². The molecule has 2 aromatic rings. The maximum absolute atomic E-state index is 5.16. The van der Waals surface area contributed by atoms with Gasteiger partial charge in [-0.25, -0.2) is 4.98 Å². The van der Waals surface area contributed by atoms with Crippen LogP contribution >= 0.6 is 0 Å². The molecule has 6 nitrogen and oxygen atoms in total. The van der Waals surface area contributed by atoms with Crippen LogP contribution < -0.4 is 15.4 Å². The maximum Gasteiger partial charge on any atom is 0.213 e. The van der Waals surface area contributed by atoms with Gasteiger partial charge in [0, 0.05) is 26.2 Å². The molecule has 2 heterocycles. The zero-order chi connectivity index (χ0) is 19.6. The van der Waals surface area contributed by atoms with Gasteiger partial charge in [-0.3, -0.25) is 9.89 Å². The summed E-state index contributed by atoms with van der Waals surface area (Å²) >= 11 is 0. The Balaban J connectivity index is 1.45. The number of nitrogens with one attached hydrogen (secondary N) is 2. The summed E-state index contributed by atoms with van der Waals surface area (Å²) in [5.74, 6) is 1.37. The van der Waals surface area contributed by atoms with E-state index in [1.165, 1.54) is 43.5 Å². The van der Waals surface area contributed by atoms with Crippen LogP contribution in [-0.4, -0.2) is 43.1 Å². The van der Waals surface area contributed by atoms with Crippen LogP contribution in [0.25, 0.3) is 0 Å². The number of rotatable bonds is 7. The normalized spacial score (nSPS) is 15.3. The third kappa shape index (κ3) is 6.23. The van der Waals surface area contributed by atoms with Gasteiger partial charge in [-0.1, -0.05) is 36.8 Å². The number of pyridine rings is 1. The Morgan fingerprint density at radius 3 is 2.43 bits per heavy atom. The van der Waals surface area contributed by atoms with Gasteiger partial charge in [0.25, 0.3) is 0 Å². The predicted octanol–water partition coefficient (Wildman–Crippen LogP) is 2.94. The number of guanidine groups is 1. The second kappa shape index (κ2) is 10.7. The number of ether oxygens (including phenoxy) is 1. The molecule has 2 N–H and O–H groups in total. The molecule has 1 fully saturated rings. The van der Waals surface area contributed by atoms with Crippen LogP contribution in [0.4, 0.5) is 0 Å². The van der Waals surface area contributed by atoms with Gasteiger partial charge in [-0.05, 0) is 43.1 Å². The molecule has 0 saturated carbocycles. The van der Waals surface area contributed by atoms with E-state index in [2.05, 4.69) is 49.8 Å². The van der Waals surface area contributed by atoms with E-state index in [4.69, 9.17) is 4.74 Å². The number of methoxy groups -OCH3 is 1. The first-order valence-electron chi connectivity index (χ1n) is 10.0. The molecule has 0 radical (unpaired) electrons. The van der Waals surface area contributed by atoms with E-state index in [1.807, 2.05) is 18.2 Å². The minimum atomic E-state index is 0.589. The van der Waals surface area contributed by atoms with Crippen molar-refractivity contribution in [3.8, 4) is 5.88 Å². The van der Waals surface area contributed by atoms with Gasteiger partial charge >= 0.3 is 0 Å². The largest absolute Gasteiger partial charge is 0.481 e. The molecule has 0 unspecified atom stereocenters. The van der Waals surface area contributed by atoms with Crippen LogP contribution in [0.3, 0.4) is 0 Å². The molecular weight excluding hydrogens is 350 g/mol. The van der Waals surface area contributed by atoms with Crippen molar-refractivity contribution < 1.29 is 4.74 Å². The molecule has 6 heteroatoms. The molecule has 1 aliphatic heterocycles. The van der Waals surface area contributed by atoms with Crippen molar-refractivity contribution in [2.24, 2.45) is 4.99 Å². The molecule has 0 spiro atoms. The molecule has 0 atom stereocenters. The average molecular weight is 382 g/mol. The van der Waals surface area contributed by atoms with Crippen LogP contribution in [0, 0.1) is 0 Å². The smallest absolute Gasteiger partial charge is 0.213 e. The molecule has 1 aliphatic rings. The van der Waals surface area contributed by atoms with Crippen LogP contribution in [0.5, 0.6) is 5.88 Å². The van der Waals surface area contributed by atoms with Gasteiger partial charge in [-0.2, -0.15) is 0 Å². The number of aromatic nitrogens is 1. The first kappa shape index (κ1) is 20.1. The van der Waals surface area contributed by atoms with Crippen molar-refractivity contribution >= 4 is 5.96 Å². The summed E-state index contributed by atoms with van der Waals surface area (Å²) in [7, 11) is 3.40. The van der Waals surface area contributed by atoms with E-state index in [0.717, 1.165) is 24.7 Å². The van der Waals surface area contributed by atoms with Crippen molar-refractivity contribution in [3.63, 3.8) is 0 Å². The number of piperidine rings is 1. The highest BCUT2D eigenvalue weighted by molar-refractivity contribution is 5.79. The molecule has 1 saturated heterocycles. The SMILES string of the molecule is CN=C(NCc1ccc(CN2CCCCC2)cc1)NCc1cccc(OC)n1. The van der Waals surface area contributed by atoms with Crippen molar-refractivity contribution in [2.45, 2.75) is 38.9 Å². The molecule has 28 heavy (non-hydrogen) atoms. The topological polar surface area (TPSA) is 61.8 Å². The lowest BCUT2D eigenvalue weighted by Gasteiger charge is -2.26. The van der Waals surface area contributed by atoms with Gasteiger partial charge in [-0.15, -0.1) is 0 Å². The van der Waals surface area contributed by atoms with E-state index in [-0.39, 0.29) is 0 Å². The van der Waals surface area contributed by atoms with Crippen LogP contribution in [0.2, 0.25) is 0 Å². The molecule has 1 aromatic carbocycles. The molecule has 0 amide bonds. The monoisotopic (exact) mass is 381 g/mol. The number of hydrogen-bond donors (Lipinski definition) is 2. The lowest BCUT2D eigenvalue weighted by Crippen LogP contribution is -2.36. The number of aliphatic imine (C=N–C) groups is 1. The first-order valence-corrected chi connectivity index (χ1v) is 10.0. The first-order chi connectivity index (χ1) is 13.8. The second-order valence-electron chi connectivity index (χ2n) is 7.10. The second-order valence-corrected chi connectivity index (χ2v) is 7.10. The van der Waals surface area contributed by atoms with Crippen molar-refractivity contribution in [1.29, 1.82) is 0 Å². The Bertz CT molecular complexity index is 754. The predicted molar refractivity (Wildman–Crippen MR) is 113 cm³/mol. The molecular formula is C22H31N5O. The van der Waals surface area contributed by atoms with E-state index >= 15 is 0 Å². The number of likely N-dealkylation sites (tertiary alicyclic amines) is 1. The Morgan fingerprint density at radius 1 is 1.00 bits per heavy atom. The van der Waals surface area contributed by atoms with Crippen molar-refractivity contribution in [3.05, 3.63) is 59.3 Å². The fraction of sp³-hybridized carbons (Fsp3) is 0.455. The molecule has 0 aliphatic carbocycles. The summed E-state index contributed by atoms with van der Waals surface area (Å²) in [5.41, 5.74) is 3.53. The fourth-order valence-electron chi connectivity index (χ4n) is 3.39. The highest BCUT2D eigenvalue weighted by Gasteiger charge is 2.10. The van der Waals surface area contributed by atoms with Crippen LogP contribution in [0.15, 0.2) is 47.5 Å². The molecule has 150 valence electrons. The Morgan fingerprint density at radius 2 is 1.71 bits per heavy atom. The van der Waals surface area contributed by atoms with Gasteiger partial charge in [0.05, 0.1) is 19.3 Å². The summed E-state index contributed by atoms with van der Waals surface area (Å²) in [5, 5.41) is 6.64. The number of benzene rings is 1. The third-order valence-corrected chi connectivity index (χ3v) is 4.99. The van der Waals surface area contributed by atoms with Crippen LogP contribution in [-0.2, 0) is 19.6 Å². The number of nitrogens with zero attached hydrogens (tertiary/aromatic N) is 3.